The average molecular weight is 365 g/mol. The topological polar surface area (TPSA) is 65.0 Å². The molecule has 0 spiro atoms. The van der Waals surface area contributed by atoms with Gasteiger partial charge in [0.2, 0.25) is 10.0 Å². The summed E-state index contributed by atoms with van der Waals surface area (Å²) in [6, 6.07) is 0. The van der Waals surface area contributed by atoms with E-state index in [0.29, 0.717) is 17.7 Å². The van der Waals surface area contributed by atoms with Crippen LogP contribution < -0.4 is 5.32 Å². The summed E-state index contributed by atoms with van der Waals surface area (Å²) in [6.45, 7) is 9.49. The maximum Gasteiger partial charge on any atom is 0.213 e. The molecule has 1 unspecified atom stereocenters. The van der Waals surface area contributed by atoms with Crippen LogP contribution in [0.25, 0.3) is 0 Å². The lowest BCUT2D eigenvalue weighted by molar-refractivity contribution is 0.379. The van der Waals surface area contributed by atoms with E-state index in [9.17, 15) is 8.42 Å². The highest BCUT2D eigenvalue weighted by Gasteiger charge is 2.24. The summed E-state index contributed by atoms with van der Waals surface area (Å²) in [7, 11) is 0.370. The predicted molar refractivity (Wildman–Crippen MR) is 101 cm³/mol. The molecule has 0 bridgehead atoms. The fraction of sp³-hybridized carbons (Fsp3) is 0.933. The van der Waals surface area contributed by atoms with Gasteiger partial charge in [-0.15, -0.1) is 0 Å². The van der Waals surface area contributed by atoms with Gasteiger partial charge < -0.3 is 10.2 Å². The lowest BCUT2D eigenvalue weighted by Crippen LogP contribution is -2.49. The fourth-order valence-corrected chi connectivity index (χ4v) is 4.61. The number of rotatable bonds is 7. The Kier molecular flexibility index (Phi) is 8.71. The molecule has 0 radical (unpaired) electrons. The van der Waals surface area contributed by atoms with Crippen LogP contribution in [0.2, 0.25) is 0 Å². The molecule has 1 atom stereocenters. The van der Waals surface area contributed by atoms with E-state index >= 15 is 0 Å². The summed E-state index contributed by atoms with van der Waals surface area (Å²) in [4.78, 5) is 6.69. The van der Waals surface area contributed by atoms with Gasteiger partial charge in [-0.3, -0.25) is 4.99 Å². The van der Waals surface area contributed by atoms with Gasteiger partial charge in [0.25, 0.3) is 0 Å². The molecule has 1 aliphatic heterocycles. The Labute approximate surface area is 146 Å². The number of aliphatic imine (C=N–C) groups is 1. The normalized spacial score (nSPS) is 20.4. The third-order valence-electron chi connectivity index (χ3n) is 4.12. The minimum Gasteiger partial charge on any atom is -0.356 e. The van der Waals surface area contributed by atoms with Crippen molar-refractivity contribution in [1.29, 1.82) is 0 Å². The third kappa shape index (κ3) is 6.51. The Hall–Kier alpha value is -0.470. The summed E-state index contributed by atoms with van der Waals surface area (Å²) >= 11 is 2.04. The second kappa shape index (κ2) is 9.74. The monoisotopic (exact) mass is 364 g/mol. The number of guanidine groups is 1. The van der Waals surface area contributed by atoms with Gasteiger partial charge in [0.05, 0.1) is 5.75 Å². The number of nitrogens with zero attached hydrogens (tertiary/aromatic N) is 3. The highest BCUT2D eigenvalue weighted by molar-refractivity contribution is 8.00. The summed E-state index contributed by atoms with van der Waals surface area (Å²) in [5, 5.41) is 4.01. The van der Waals surface area contributed by atoms with Crippen molar-refractivity contribution in [2.45, 2.75) is 32.4 Å². The maximum atomic E-state index is 11.7. The fourth-order valence-electron chi connectivity index (χ4n) is 2.46. The molecular weight excluding hydrogens is 332 g/mol. The molecule has 0 aliphatic carbocycles. The van der Waals surface area contributed by atoms with Crippen LogP contribution in [0.3, 0.4) is 0 Å². The molecule has 1 saturated heterocycles. The van der Waals surface area contributed by atoms with Gasteiger partial charge in [0.1, 0.15) is 0 Å². The summed E-state index contributed by atoms with van der Waals surface area (Å²) < 4.78 is 24.8. The zero-order valence-electron chi connectivity index (χ0n) is 15.1. The van der Waals surface area contributed by atoms with Crippen molar-refractivity contribution in [2.75, 3.05) is 51.8 Å². The predicted octanol–water partition coefficient (Wildman–Crippen LogP) is 1.31. The highest BCUT2D eigenvalue weighted by Crippen LogP contribution is 2.24. The molecule has 6 nitrogen and oxygen atoms in total. The van der Waals surface area contributed by atoms with Crippen LogP contribution in [0, 0.1) is 5.92 Å². The zero-order valence-corrected chi connectivity index (χ0v) is 16.7. The Morgan fingerprint density at radius 3 is 2.74 bits per heavy atom. The van der Waals surface area contributed by atoms with E-state index in [0.717, 1.165) is 37.8 Å². The molecule has 1 heterocycles. The van der Waals surface area contributed by atoms with E-state index in [1.807, 2.05) is 18.8 Å². The van der Waals surface area contributed by atoms with E-state index in [1.54, 1.807) is 14.0 Å². The molecule has 1 rings (SSSR count). The number of hydrogen-bond acceptors (Lipinski definition) is 4. The van der Waals surface area contributed by atoms with Crippen molar-refractivity contribution in [3.05, 3.63) is 0 Å². The van der Waals surface area contributed by atoms with Gasteiger partial charge in [-0.05, 0) is 19.3 Å². The number of thioether (sulfide) groups is 1. The largest absolute Gasteiger partial charge is 0.356 e. The van der Waals surface area contributed by atoms with Crippen LogP contribution in [0.5, 0.6) is 0 Å². The van der Waals surface area contributed by atoms with E-state index in [1.165, 1.54) is 4.31 Å². The number of hydrogen-bond donors (Lipinski definition) is 1. The van der Waals surface area contributed by atoms with Crippen molar-refractivity contribution in [3.63, 3.8) is 0 Å². The van der Waals surface area contributed by atoms with Crippen LogP contribution in [0.15, 0.2) is 4.99 Å². The Bertz CT molecular complexity index is 480. The molecule has 8 heteroatoms. The van der Waals surface area contributed by atoms with Crippen LogP contribution in [0.4, 0.5) is 0 Å². The Morgan fingerprint density at radius 1 is 1.48 bits per heavy atom. The van der Waals surface area contributed by atoms with Crippen molar-refractivity contribution in [1.82, 2.24) is 14.5 Å². The molecule has 0 amide bonds. The first-order chi connectivity index (χ1) is 10.8. The molecule has 0 aromatic heterocycles. The quantitative estimate of drug-likeness (QED) is 0.419. The van der Waals surface area contributed by atoms with Crippen LogP contribution >= 0.6 is 11.8 Å². The van der Waals surface area contributed by atoms with Crippen LogP contribution in [0.1, 0.15) is 27.2 Å². The zero-order chi connectivity index (χ0) is 17.5. The maximum absolute atomic E-state index is 11.7. The molecule has 0 aromatic rings. The second-order valence-corrected chi connectivity index (χ2v) is 9.86. The van der Waals surface area contributed by atoms with Crippen molar-refractivity contribution in [3.8, 4) is 0 Å². The second-order valence-electron chi connectivity index (χ2n) is 6.15. The smallest absolute Gasteiger partial charge is 0.213 e. The summed E-state index contributed by atoms with van der Waals surface area (Å²) in [5.41, 5.74) is 0. The average Bonchev–Trinajstić information content (AvgIpc) is 2.54. The van der Waals surface area contributed by atoms with E-state index in [-0.39, 0.29) is 5.75 Å². The third-order valence-corrected chi connectivity index (χ3v) is 7.52. The minimum atomic E-state index is -3.08. The molecule has 1 fully saturated rings. The lowest BCUT2D eigenvalue weighted by atomic mass is 10.1. The van der Waals surface area contributed by atoms with Gasteiger partial charge in [0, 0.05) is 51.3 Å². The first-order valence-electron chi connectivity index (χ1n) is 8.33. The van der Waals surface area contributed by atoms with Crippen molar-refractivity contribution < 1.29 is 8.42 Å². The standard InChI is InChI=1S/C15H32N4O2S2/c1-6-23(20,21)18(5)9-7-8-17-15(16-4)19-10-11-22-14(12-19)13(2)3/h13-14H,6-12H2,1-5H3,(H,16,17). The number of sulfonamides is 1. The molecule has 0 saturated carbocycles. The van der Waals surface area contributed by atoms with Crippen molar-refractivity contribution >= 4 is 27.7 Å². The van der Waals surface area contributed by atoms with Gasteiger partial charge >= 0.3 is 0 Å². The van der Waals surface area contributed by atoms with Gasteiger partial charge in [-0.2, -0.15) is 11.8 Å². The van der Waals surface area contributed by atoms with Gasteiger partial charge in [-0.1, -0.05) is 13.8 Å². The first kappa shape index (κ1) is 20.6. The Balaban J connectivity index is 2.40. The molecule has 0 aromatic carbocycles. The molecule has 1 N–H and O–H groups in total. The van der Waals surface area contributed by atoms with Crippen LogP contribution in [-0.2, 0) is 10.0 Å². The van der Waals surface area contributed by atoms with Crippen molar-refractivity contribution in [2.24, 2.45) is 10.9 Å². The Morgan fingerprint density at radius 2 is 2.17 bits per heavy atom. The van der Waals surface area contributed by atoms with Gasteiger partial charge in [0.15, 0.2) is 5.96 Å². The summed E-state index contributed by atoms with van der Waals surface area (Å²) in [5.74, 6) is 2.87. The van der Waals surface area contributed by atoms with E-state index < -0.39 is 10.0 Å². The molecule has 23 heavy (non-hydrogen) atoms. The van der Waals surface area contributed by atoms with E-state index in [4.69, 9.17) is 0 Å². The highest BCUT2D eigenvalue weighted by atomic mass is 32.2. The van der Waals surface area contributed by atoms with Crippen LogP contribution in [-0.4, -0.2) is 80.6 Å². The first-order valence-corrected chi connectivity index (χ1v) is 11.0. The SMILES string of the molecule is CCS(=O)(=O)N(C)CCCNC(=NC)N1CCSC(C(C)C)C1. The minimum absolute atomic E-state index is 0.153. The molecule has 136 valence electrons. The summed E-state index contributed by atoms with van der Waals surface area (Å²) in [6.07, 6.45) is 0.769. The molecule has 1 aliphatic rings. The van der Waals surface area contributed by atoms with Gasteiger partial charge in [-0.25, -0.2) is 12.7 Å². The number of nitrogens with one attached hydrogen (secondary N) is 1. The lowest BCUT2D eigenvalue weighted by Gasteiger charge is -2.36. The van der Waals surface area contributed by atoms with E-state index in [2.05, 4.69) is 29.1 Å². The molecular formula is C15H32N4O2S2.